The molecule has 0 radical (unpaired) electrons. The summed E-state index contributed by atoms with van der Waals surface area (Å²) in [7, 11) is 0. The SMILES string of the molecule is Cc1c(C(=O)Nc2ccc(N3CCC(C)CC3)c(Cl)c2)cccc1[N+](=O)[O-]. The number of carbonyl (C=O) groups excluding carboxylic acids is 1. The maximum atomic E-state index is 12.6. The maximum Gasteiger partial charge on any atom is 0.273 e. The highest BCUT2D eigenvalue weighted by Crippen LogP contribution is 2.32. The van der Waals surface area contributed by atoms with Gasteiger partial charge >= 0.3 is 0 Å². The van der Waals surface area contributed by atoms with Crippen molar-refractivity contribution in [3.63, 3.8) is 0 Å². The molecule has 1 heterocycles. The number of benzene rings is 2. The van der Waals surface area contributed by atoms with E-state index in [2.05, 4.69) is 17.1 Å². The highest BCUT2D eigenvalue weighted by atomic mass is 35.5. The third-order valence-electron chi connectivity index (χ3n) is 5.08. The smallest absolute Gasteiger partial charge is 0.273 e. The van der Waals surface area contributed by atoms with Crippen LogP contribution in [0, 0.1) is 23.0 Å². The first-order valence-corrected chi connectivity index (χ1v) is 9.34. The molecule has 0 bridgehead atoms. The molecule has 1 fully saturated rings. The summed E-state index contributed by atoms with van der Waals surface area (Å²) < 4.78 is 0. The maximum absolute atomic E-state index is 12.6. The number of hydrogen-bond acceptors (Lipinski definition) is 4. The number of nitro benzene ring substituents is 1. The monoisotopic (exact) mass is 387 g/mol. The average Bonchev–Trinajstić information content (AvgIpc) is 2.62. The Morgan fingerprint density at radius 2 is 1.96 bits per heavy atom. The topological polar surface area (TPSA) is 75.5 Å². The second kappa shape index (κ2) is 7.96. The Hall–Kier alpha value is -2.60. The fraction of sp³-hybridized carbons (Fsp3) is 0.350. The van der Waals surface area contributed by atoms with Gasteiger partial charge in [-0.15, -0.1) is 0 Å². The zero-order valence-electron chi connectivity index (χ0n) is 15.4. The molecule has 0 saturated carbocycles. The second-order valence-corrected chi connectivity index (χ2v) is 7.40. The number of piperidine rings is 1. The fourth-order valence-electron chi connectivity index (χ4n) is 3.36. The van der Waals surface area contributed by atoms with Crippen LogP contribution in [-0.4, -0.2) is 23.9 Å². The third kappa shape index (κ3) is 4.22. The molecule has 2 aromatic rings. The number of amides is 1. The van der Waals surface area contributed by atoms with Crippen molar-refractivity contribution in [2.75, 3.05) is 23.3 Å². The number of hydrogen-bond donors (Lipinski definition) is 1. The molecule has 1 aliphatic rings. The van der Waals surface area contributed by atoms with Crippen molar-refractivity contribution in [2.24, 2.45) is 5.92 Å². The van der Waals surface area contributed by atoms with E-state index in [0.29, 0.717) is 16.3 Å². The van der Waals surface area contributed by atoms with E-state index in [-0.39, 0.29) is 11.3 Å². The Balaban J connectivity index is 1.77. The van der Waals surface area contributed by atoms with E-state index in [0.717, 1.165) is 37.5 Å². The van der Waals surface area contributed by atoms with Crippen LogP contribution in [0.5, 0.6) is 0 Å². The van der Waals surface area contributed by atoms with Crippen LogP contribution in [-0.2, 0) is 0 Å². The molecule has 1 aliphatic heterocycles. The van der Waals surface area contributed by atoms with Crippen LogP contribution in [0.2, 0.25) is 5.02 Å². The Morgan fingerprint density at radius 1 is 1.26 bits per heavy atom. The highest BCUT2D eigenvalue weighted by molar-refractivity contribution is 6.33. The Kier molecular flexibility index (Phi) is 5.65. The minimum absolute atomic E-state index is 0.0737. The summed E-state index contributed by atoms with van der Waals surface area (Å²) in [4.78, 5) is 25.4. The molecule has 0 unspecified atom stereocenters. The van der Waals surface area contributed by atoms with E-state index in [4.69, 9.17) is 11.6 Å². The molecule has 2 aromatic carbocycles. The quantitative estimate of drug-likeness (QED) is 0.588. The molecule has 1 N–H and O–H groups in total. The summed E-state index contributed by atoms with van der Waals surface area (Å²) in [6.07, 6.45) is 2.28. The fourth-order valence-corrected chi connectivity index (χ4v) is 3.66. The number of halogens is 1. The largest absolute Gasteiger partial charge is 0.370 e. The van der Waals surface area contributed by atoms with Gasteiger partial charge in [-0.1, -0.05) is 24.6 Å². The number of nitro groups is 1. The molecule has 0 aliphatic carbocycles. The van der Waals surface area contributed by atoms with Gasteiger partial charge in [0, 0.05) is 36.0 Å². The van der Waals surface area contributed by atoms with Crippen LogP contribution in [0.3, 0.4) is 0 Å². The van der Waals surface area contributed by atoms with Crippen LogP contribution in [0.1, 0.15) is 35.7 Å². The summed E-state index contributed by atoms with van der Waals surface area (Å²) in [6.45, 7) is 5.77. The first-order chi connectivity index (χ1) is 12.9. The molecule has 142 valence electrons. The van der Waals surface area contributed by atoms with Crippen molar-refractivity contribution in [1.82, 2.24) is 0 Å². The van der Waals surface area contributed by atoms with Crippen LogP contribution in [0.15, 0.2) is 36.4 Å². The normalized spacial score (nSPS) is 14.9. The van der Waals surface area contributed by atoms with Gasteiger partial charge in [-0.3, -0.25) is 14.9 Å². The Labute approximate surface area is 163 Å². The number of nitrogens with zero attached hydrogens (tertiary/aromatic N) is 2. The lowest BCUT2D eigenvalue weighted by Crippen LogP contribution is -2.32. The van der Waals surface area contributed by atoms with E-state index in [9.17, 15) is 14.9 Å². The zero-order valence-corrected chi connectivity index (χ0v) is 16.1. The van der Waals surface area contributed by atoms with Gasteiger partial charge in [-0.2, -0.15) is 0 Å². The second-order valence-electron chi connectivity index (χ2n) is 7.00. The van der Waals surface area contributed by atoms with Gasteiger partial charge in [0.1, 0.15) is 0 Å². The van der Waals surface area contributed by atoms with Crippen molar-refractivity contribution in [3.8, 4) is 0 Å². The van der Waals surface area contributed by atoms with Gasteiger partial charge < -0.3 is 10.2 Å². The van der Waals surface area contributed by atoms with Crippen LogP contribution >= 0.6 is 11.6 Å². The number of nitrogens with one attached hydrogen (secondary N) is 1. The number of anilines is 2. The van der Waals surface area contributed by atoms with Gasteiger partial charge in [0.05, 0.1) is 15.6 Å². The van der Waals surface area contributed by atoms with Crippen LogP contribution < -0.4 is 10.2 Å². The molecule has 3 rings (SSSR count). The average molecular weight is 388 g/mol. The lowest BCUT2D eigenvalue weighted by molar-refractivity contribution is -0.385. The Bertz CT molecular complexity index is 877. The molecule has 0 aromatic heterocycles. The molecular formula is C20H22ClN3O3. The molecule has 0 atom stereocenters. The number of rotatable bonds is 4. The molecule has 1 saturated heterocycles. The van der Waals surface area contributed by atoms with Crippen molar-refractivity contribution in [3.05, 3.63) is 62.7 Å². The lowest BCUT2D eigenvalue weighted by Gasteiger charge is -2.32. The van der Waals surface area contributed by atoms with Gasteiger partial charge in [-0.25, -0.2) is 0 Å². The predicted molar refractivity (Wildman–Crippen MR) is 108 cm³/mol. The summed E-state index contributed by atoms with van der Waals surface area (Å²) in [5.74, 6) is 0.337. The Morgan fingerprint density at radius 3 is 2.59 bits per heavy atom. The zero-order chi connectivity index (χ0) is 19.6. The predicted octanol–water partition coefficient (Wildman–Crippen LogP) is 5.05. The molecule has 6 nitrogen and oxygen atoms in total. The first-order valence-electron chi connectivity index (χ1n) is 8.96. The van der Waals surface area contributed by atoms with E-state index < -0.39 is 10.8 Å². The number of carbonyl (C=O) groups is 1. The minimum atomic E-state index is -0.489. The summed E-state index contributed by atoms with van der Waals surface area (Å²) in [5.41, 5.74) is 2.06. The van der Waals surface area contributed by atoms with Crippen molar-refractivity contribution in [2.45, 2.75) is 26.7 Å². The summed E-state index contributed by atoms with van der Waals surface area (Å²) in [6, 6.07) is 9.91. The van der Waals surface area contributed by atoms with Gasteiger partial charge in [0.2, 0.25) is 0 Å². The summed E-state index contributed by atoms with van der Waals surface area (Å²) in [5, 5.41) is 14.4. The molecule has 27 heavy (non-hydrogen) atoms. The van der Waals surface area contributed by atoms with Gasteiger partial charge in [0.25, 0.3) is 11.6 Å². The van der Waals surface area contributed by atoms with Crippen molar-refractivity contribution >= 4 is 34.6 Å². The van der Waals surface area contributed by atoms with Crippen molar-refractivity contribution < 1.29 is 9.72 Å². The van der Waals surface area contributed by atoms with E-state index in [1.165, 1.54) is 12.1 Å². The van der Waals surface area contributed by atoms with E-state index >= 15 is 0 Å². The lowest BCUT2D eigenvalue weighted by atomic mass is 9.99. The molecule has 1 amide bonds. The molecule has 0 spiro atoms. The van der Waals surface area contributed by atoms with Crippen molar-refractivity contribution in [1.29, 1.82) is 0 Å². The van der Waals surface area contributed by atoms with Gasteiger partial charge in [0.15, 0.2) is 0 Å². The van der Waals surface area contributed by atoms with E-state index in [1.54, 1.807) is 19.1 Å². The summed E-state index contributed by atoms with van der Waals surface area (Å²) >= 11 is 6.44. The standard InChI is InChI=1S/C20H22ClN3O3/c1-13-8-10-23(11-9-13)19-7-6-15(12-17(19)21)22-20(25)16-4-3-5-18(14(16)2)24(26)27/h3-7,12-13H,8-11H2,1-2H3,(H,22,25). The van der Waals surface area contributed by atoms with Gasteiger partial charge in [-0.05, 0) is 49.9 Å². The molecule has 7 heteroatoms. The highest BCUT2D eigenvalue weighted by Gasteiger charge is 2.20. The molecular weight excluding hydrogens is 366 g/mol. The first kappa shape index (κ1) is 19.2. The van der Waals surface area contributed by atoms with E-state index in [1.807, 2.05) is 12.1 Å². The minimum Gasteiger partial charge on any atom is -0.370 e. The van der Waals surface area contributed by atoms with Crippen LogP contribution in [0.25, 0.3) is 0 Å². The van der Waals surface area contributed by atoms with Crippen LogP contribution in [0.4, 0.5) is 17.1 Å². The third-order valence-corrected chi connectivity index (χ3v) is 5.38.